The second-order valence-corrected chi connectivity index (χ2v) is 7.62. The van der Waals surface area contributed by atoms with Gasteiger partial charge in [-0.15, -0.1) is 0 Å². The lowest BCUT2D eigenvalue weighted by Gasteiger charge is -2.61. The zero-order valence-corrected chi connectivity index (χ0v) is 16.1. The molecule has 1 atom stereocenters. The quantitative estimate of drug-likeness (QED) is 0.730. The van der Waals surface area contributed by atoms with Crippen molar-refractivity contribution in [2.75, 3.05) is 33.4 Å². The van der Waals surface area contributed by atoms with Crippen LogP contribution >= 0.6 is 0 Å². The fourth-order valence-electron chi connectivity index (χ4n) is 4.87. The molecule has 3 saturated heterocycles. The van der Waals surface area contributed by atoms with Gasteiger partial charge >= 0.3 is 0 Å². The molecular weight excluding hydrogens is 348 g/mol. The van der Waals surface area contributed by atoms with Crippen molar-refractivity contribution in [1.29, 1.82) is 0 Å². The van der Waals surface area contributed by atoms with Gasteiger partial charge in [-0.1, -0.05) is 0 Å². The summed E-state index contributed by atoms with van der Waals surface area (Å²) in [6.07, 6.45) is 4.73. The summed E-state index contributed by atoms with van der Waals surface area (Å²) in [5.41, 5.74) is 0.275. The maximum absolute atomic E-state index is 12.7. The van der Waals surface area contributed by atoms with E-state index in [9.17, 15) is 9.59 Å². The van der Waals surface area contributed by atoms with Crippen LogP contribution in [0.3, 0.4) is 0 Å². The summed E-state index contributed by atoms with van der Waals surface area (Å²) in [6, 6.07) is 1.94. The van der Waals surface area contributed by atoms with E-state index in [1.165, 1.54) is 0 Å². The van der Waals surface area contributed by atoms with E-state index in [0.29, 0.717) is 32.0 Å². The molecule has 148 valence electrons. The molecule has 27 heavy (non-hydrogen) atoms. The third-order valence-electron chi connectivity index (χ3n) is 6.32. The van der Waals surface area contributed by atoms with E-state index >= 15 is 0 Å². The molecule has 3 fully saturated rings. The minimum Gasteiger partial charge on any atom is -0.381 e. The number of rotatable bonds is 4. The third kappa shape index (κ3) is 2.95. The molecular formula is C19H28N4O4. The Balaban J connectivity index is 1.41. The lowest BCUT2D eigenvalue weighted by Crippen LogP contribution is -2.79. The summed E-state index contributed by atoms with van der Waals surface area (Å²) in [5, 5.41) is 4.32. The highest BCUT2D eigenvalue weighted by Gasteiger charge is 2.62. The van der Waals surface area contributed by atoms with Crippen LogP contribution < -0.4 is 0 Å². The monoisotopic (exact) mass is 376 g/mol. The van der Waals surface area contributed by atoms with Crippen molar-refractivity contribution in [3.8, 4) is 0 Å². The van der Waals surface area contributed by atoms with Crippen LogP contribution in [-0.4, -0.2) is 82.5 Å². The van der Waals surface area contributed by atoms with E-state index in [1.54, 1.807) is 17.9 Å². The summed E-state index contributed by atoms with van der Waals surface area (Å²) < 4.78 is 12.8. The molecule has 3 aliphatic rings. The van der Waals surface area contributed by atoms with Crippen LogP contribution in [0.25, 0.3) is 0 Å². The normalized spacial score (nSPS) is 25.7. The van der Waals surface area contributed by atoms with Crippen molar-refractivity contribution in [2.45, 2.75) is 56.8 Å². The molecule has 4 rings (SSSR count). The first-order valence-corrected chi connectivity index (χ1v) is 9.87. The third-order valence-corrected chi connectivity index (χ3v) is 6.32. The molecule has 1 aromatic heterocycles. The number of methoxy groups -OCH3 is 1. The molecule has 0 aliphatic carbocycles. The van der Waals surface area contributed by atoms with Gasteiger partial charge in [0.2, 0.25) is 0 Å². The molecule has 1 unspecified atom stereocenters. The summed E-state index contributed by atoms with van der Waals surface area (Å²) in [7, 11) is 1.62. The summed E-state index contributed by atoms with van der Waals surface area (Å²) >= 11 is 0. The van der Waals surface area contributed by atoms with E-state index < -0.39 is 0 Å². The Hall–Kier alpha value is -1.93. The van der Waals surface area contributed by atoms with E-state index in [2.05, 4.69) is 10.00 Å². The highest BCUT2D eigenvalue weighted by atomic mass is 16.5. The fraction of sp³-hybridized carbons (Fsp3) is 0.737. The molecule has 0 bridgehead atoms. The Bertz CT molecular complexity index is 704. The number of likely N-dealkylation sites (tertiary alicyclic amines) is 2. The number of β-lactam (4-membered cyclic amide) rings is 1. The molecule has 1 aromatic rings. The van der Waals surface area contributed by atoms with Gasteiger partial charge in [0.05, 0.1) is 5.54 Å². The molecule has 0 saturated carbocycles. The standard InChI is InChI=1S/C19H28N4O4/c1-3-22-11-6-15(20-22)17(24)21-9-4-14(5-10-21)23-18(25)16(26-2)19(23)7-12-27-13-8-19/h6,11,14,16H,3-5,7-10,12-13H2,1-2H3. The zero-order chi connectivity index (χ0) is 19.0. The molecule has 0 aromatic carbocycles. The van der Waals surface area contributed by atoms with Crippen molar-refractivity contribution in [2.24, 2.45) is 0 Å². The second-order valence-electron chi connectivity index (χ2n) is 7.62. The fourth-order valence-corrected chi connectivity index (χ4v) is 4.87. The van der Waals surface area contributed by atoms with Crippen molar-refractivity contribution < 1.29 is 19.1 Å². The van der Waals surface area contributed by atoms with Gasteiger partial charge < -0.3 is 19.3 Å². The lowest BCUT2D eigenvalue weighted by molar-refractivity contribution is -0.213. The Morgan fingerprint density at radius 2 is 2.04 bits per heavy atom. The van der Waals surface area contributed by atoms with Gasteiger partial charge in [-0.2, -0.15) is 5.10 Å². The first-order valence-electron chi connectivity index (χ1n) is 9.87. The Morgan fingerprint density at radius 1 is 1.33 bits per heavy atom. The largest absolute Gasteiger partial charge is 0.381 e. The van der Waals surface area contributed by atoms with Gasteiger partial charge in [0, 0.05) is 52.2 Å². The molecule has 0 radical (unpaired) electrons. The predicted molar refractivity (Wildman–Crippen MR) is 97.3 cm³/mol. The van der Waals surface area contributed by atoms with E-state index in [1.807, 2.05) is 18.0 Å². The minimum atomic E-state index is -0.348. The predicted octanol–water partition coefficient (Wildman–Crippen LogP) is 0.914. The van der Waals surface area contributed by atoms with Crippen molar-refractivity contribution in [3.05, 3.63) is 18.0 Å². The zero-order valence-electron chi connectivity index (χ0n) is 16.1. The van der Waals surface area contributed by atoms with Crippen molar-refractivity contribution >= 4 is 11.8 Å². The van der Waals surface area contributed by atoms with E-state index in [-0.39, 0.29) is 29.5 Å². The van der Waals surface area contributed by atoms with Crippen LogP contribution in [0.1, 0.15) is 43.1 Å². The molecule has 8 heteroatoms. The molecule has 0 N–H and O–H groups in total. The molecule has 3 aliphatic heterocycles. The number of aromatic nitrogens is 2. The SMILES string of the molecule is CCn1ccc(C(=O)N2CCC(N3C(=O)C(OC)C34CCOCC4)CC2)n1. The first kappa shape index (κ1) is 18.4. The summed E-state index contributed by atoms with van der Waals surface area (Å²) in [4.78, 5) is 29.3. The van der Waals surface area contributed by atoms with Crippen LogP contribution in [0.2, 0.25) is 0 Å². The van der Waals surface area contributed by atoms with Gasteiger partial charge in [-0.05, 0) is 38.7 Å². The number of carbonyl (C=O) groups excluding carboxylic acids is 2. The second kappa shape index (κ2) is 7.24. The number of aryl methyl sites for hydroxylation is 1. The summed E-state index contributed by atoms with van der Waals surface area (Å²) in [5.74, 6) is 0.0667. The van der Waals surface area contributed by atoms with Crippen LogP contribution in [0, 0.1) is 0 Å². The number of amides is 2. The van der Waals surface area contributed by atoms with Crippen LogP contribution in [-0.2, 0) is 20.8 Å². The molecule has 1 spiro atoms. The molecule has 2 amide bonds. The van der Waals surface area contributed by atoms with Crippen LogP contribution in [0.4, 0.5) is 0 Å². The van der Waals surface area contributed by atoms with Crippen LogP contribution in [0.15, 0.2) is 12.3 Å². The van der Waals surface area contributed by atoms with Crippen molar-refractivity contribution in [1.82, 2.24) is 19.6 Å². The van der Waals surface area contributed by atoms with Gasteiger partial charge in [0.15, 0.2) is 6.10 Å². The highest BCUT2D eigenvalue weighted by molar-refractivity contribution is 5.92. The first-order chi connectivity index (χ1) is 13.1. The maximum Gasteiger partial charge on any atom is 0.274 e. The number of hydrogen-bond acceptors (Lipinski definition) is 5. The average molecular weight is 376 g/mol. The van der Waals surface area contributed by atoms with Gasteiger partial charge in [-0.3, -0.25) is 14.3 Å². The lowest BCUT2D eigenvalue weighted by atomic mass is 9.72. The Labute approximate surface area is 159 Å². The number of carbonyl (C=O) groups is 2. The smallest absolute Gasteiger partial charge is 0.274 e. The number of nitrogens with zero attached hydrogens (tertiary/aromatic N) is 4. The van der Waals surface area contributed by atoms with Crippen molar-refractivity contribution in [3.63, 3.8) is 0 Å². The number of ether oxygens (including phenoxy) is 2. The number of piperidine rings is 1. The van der Waals surface area contributed by atoms with E-state index in [0.717, 1.165) is 32.2 Å². The average Bonchev–Trinajstić information content (AvgIpc) is 3.18. The molecule has 4 heterocycles. The van der Waals surface area contributed by atoms with E-state index in [4.69, 9.17) is 9.47 Å². The van der Waals surface area contributed by atoms with Gasteiger partial charge in [0.25, 0.3) is 11.8 Å². The Kier molecular flexibility index (Phi) is 4.94. The Morgan fingerprint density at radius 3 is 2.63 bits per heavy atom. The summed E-state index contributed by atoms with van der Waals surface area (Å²) in [6.45, 7) is 5.38. The van der Waals surface area contributed by atoms with Gasteiger partial charge in [-0.25, -0.2) is 0 Å². The molecule has 8 nitrogen and oxygen atoms in total. The number of hydrogen-bond donors (Lipinski definition) is 0. The topological polar surface area (TPSA) is 76.9 Å². The van der Waals surface area contributed by atoms with Crippen LogP contribution in [0.5, 0.6) is 0 Å². The maximum atomic E-state index is 12.7. The minimum absolute atomic E-state index is 0.0221. The highest BCUT2D eigenvalue weighted by Crippen LogP contribution is 2.45. The van der Waals surface area contributed by atoms with Gasteiger partial charge in [0.1, 0.15) is 5.69 Å².